The van der Waals surface area contributed by atoms with E-state index >= 15 is 0 Å². The minimum Gasteiger partial charge on any atom is -0.397 e. The van der Waals surface area contributed by atoms with Crippen molar-refractivity contribution in [2.24, 2.45) is 5.14 Å². The highest BCUT2D eigenvalue weighted by Crippen LogP contribution is 2.24. The smallest absolute Gasteiger partial charge is 0.238 e. The summed E-state index contributed by atoms with van der Waals surface area (Å²) in [6.07, 6.45) is 1.83. The Kier molecular flexibility index (Phi) is 3.74. The number of nitrogens with one attached hydrogen (secondary N) is 1. The van der Waals surface area contributed by atoms with Gasteiger partial charge in [0.25, 0.3) is 0 Å². The van der Waals surface area contributed by atoms with Crippen LogP contribution < -0.4 is 16.2 Å². The topological polar surface area (TPSA) is 107 Å². The Labute approximate surface area is 106 Å². The molecule has 0 amide bonds. The van der Waals surface area contributed by atoms with Crippen molar-refractivity contribution in [2.75, 3.05) is 24.3 Å². The average Bonchev–Trinajstić information content (AvgIpc) is 2.32. The number of nitrogen functional groups attached to an aromatic ring is 1. The maximum absolute atomic E-state index is 11.2. The molecular weight excluding hydrogens is 254 g/mol. The lowest BCUT2D eigenvalue weighted by Crippen LogP contribution is -2.28. The second-order valence-corrected chi connectivity index (χ2v) is 5.89. The second kappa shape index (κ2) is 5.13. The van der Waals surface area contributed by atoms with Crippen LogP contribution in [0.25, 0.3) is 0 Å². The van der Waals surface area contributed by atoms with Crippen molar-refractivity contribution in [1.82, 2.24) is 0 Å². The third-order valence-corrected chi connectivity index (χ3v) is 3.84. The average molecular weight is 271 g/mol. The summed E-state index contributed by atoms with van der Waals surface area (Å²) in [6.45, 7) is 1.46. The molecule has 18 heavy (non-hydrogen) atoms. The van der Waals surface area contributed by atoms with Gasteiger partial charge in [0.1, 0.15) is 0 Å². The molecule has 1 saturated heterocycles. The molecule has 0 aliphatic carbocycles. The van der Waals surface area contributed by atoms with Crippen LogP contribution in [0, 0.1) is 0 Å². The molecule has 5 N–H and O–H groups in total. The van der Waals surface area contributed by atoms with E-state index in [1.165, 1.54) is 12.1 Å². The van der Waals surface area contributed by atoms with Crippen LogP contribution in [0.5, 0.6) is 0 Å². The first kappa shape index (κ1) is 13.1. The predicted molar refractivity (Wildman–Crippen MR) is 69.7 cm³/mol. The lowest BCUT2D eigenvalue weighted by Gasteiger charge is -2.24. The lowest BCUT2D eigenvalue weighted by molar-refractivity contribution is 0.0904. The first-order valence-corrected chi connectivity index (χ1v) is 7.28. The summed E-state index contributed by atoms with van der Waals surface area (Å²) in [6, 6.07) is 4.77. The highest BCUT2D eigenvalue weighted by Gasteiger charge is 2.15. The Morgan fingerprint density at radius 2 is 1.94 bits per heavy atom. The number of sulfonamides is 1. The van der Waals surface area contributed by atoms with E-state index in [0.717, 1.165) is 31.7 Å². The Bertz CT molecular complexity index is 524. The van der Waals surface area contributed by atoms with Crippen molar-refractivity contribution >= 4 is 21.4 Å². The summed E-state index contributed by atoms with van der Waals surface area (Å²) < 4.78 is 27.6. The lowest BCUT2D eigenvalue weighted by atomic mass is 10.1. The van der Waals surface area contributed by atoms with E-state index in [0.29, 0.717) is 11.7 Å². The summed E-state index contributed by atoms with van der Waals surface area (Å²) in [4.78, 5) is 0.0255. The standard InChI is InChI=1S/C11H17N3O3S/c12-10-7-9(18(13,15)16)1-2-11(10)14-8-3-5-17-6-4-8/h1-2,7-8,14H,3-6,12H2,(H2,13,15,16). The fourth-order valence-electron chi connectivity index (χ4n) is 1.91. The van der Waals surface area contributed by atoms with Gasteiger partial charge in [-0.25, -0.2) is 13.6 Å². The van der Waals surface area contributed by atoms with E-state index in [4.69, 9.17) is 15.6 Å². The summed E-state index contributed by atoms with van der Waals surface area (Å²) in [7, 11) is -3.70. The van der Waals surface area contributed by atoms with Crippen LogP contribution in [0.3, 0.4) is 0 Å². The fourth-order valence-corrected chi connectivity index (χ4v) is 2.46. The normalized spacial score (nSPS) is 17.6. The van der Waals surface area contributed by atoms with Crippen molar-refractivity contribution in [2.45, 2.75) is 23.8 Å². The molecule has 100 valence electrons. The molecule has 1 aromatic carbocycles. The number of hydrogen-bond acceptors (Lipinski definition) is 5. The van der Waals surface area contributed by atoms with Crippen molar-refractivity contribution < 1.29 is 13.2 Å². The quantitative estimate of drug-likeness (QED) is 0.694. The summed E-state index contributed by atoms with van der Waals surface area (Å²) in [5, 5.41) is 8.33. The van der Waals surface area contributed by atoms with Crippen LogP contribution in [0.1, 0.15) is 12.8 Å². The minimum absolute atomic E-state index is 0.0255. The Balaban J connectivity index is 2.14. The maximum atomic E-state index is 11.2. The molecule has 0 bridgehead atoms. The molecule has 1 aliphatic rings. The van der Waals surface area contributed by atoms with Crippen molar-refractivity contribution in [1.29, 1.82) is 0 Å². The SMILES string of the molecule is Nc1cc(S(N)(=O)=O)ccc1NC1CCOCC1. The van der Waals surface area contributed by atoms with Gasteiger partial charge >= 0.3 is 0 Å². The van der Waals surface area contributed by atoms with Gasteiger partial charge in [0.2, 0.25) is 10.0 Å². The molecule has 1 aliphatic heterocycles. The third-order valence-electron chi connectivity index (χ3n) is 2.93. The Morgan fingerprint density at radius 3 is 2.50 bits per heavy atom. The zero-order chi connectivity index (χ0) is 13.2. The summed E-state index contributed by atoms with van der Waals surface area (Å²) >= 11 is 0. The minimum atomic E-state index is -3.70. The van der Waals surface area contributed by atoms with E-state index in [1.54, 1.807) is 6.07 Å². The van der Waals surface area contributed by atoms with Gasteiger partial charge in [-0.2, -0.15) is 0 Å². The van der Waals surface area contributed by atoms with Gasteiger partial charge < -0.3 is 15.8 Å². The van der Waals surface area contributed by atoms with E-state index in [-0.39, 0.29) is 4.90 Å². The molecule has 2 rings (SSSR count). The van der Waals surface area contributed by atoms with Crippen molar-refractivity contribution in [3.8, 4) is 0 Å². The number of hydrogen-bond donors (Lipinski definition) is 3. The highest BCUT2D eigenvalue weighted by molar-refractivity contribution is 7.89. The molecule has 0 aromatic heterocycles. The van der Waals surface area contributed by atoms with Crippen LogP contribution in [-0.4, -0.2) is 27.7 Å². The number of anilines is 2. The van der Waals surface area contributed by atoms with E-state index in [9.17, 15) is 8.42 Å². The van der Waals surface area contributed by atoms with Crippen LogP contribution in [0.2, 0.25) is 0 Å². The molecule has 1 fully saturated rings. The third kappa shape index (κ3) is 3.12. The molecular formula is C11H17N3O3S. The van der Waals surface area contributed by atoms with E-state index in [2.05, 4.69) is 5.32 Å². The highest BCUT2D eigenvalue weighted by atomic mass is 32.2. The van der Waals surface area contributed by atoms with Gasteiger partial charge in [-0.05, 0) is 31.0 Å². The number of rotatable bonds is 3. The molecule has 0 saturated carbocycles. The fraction of sp³-hybridized carbons (Fsp3) is 0.455. The van der Waals surface area contributed by atoms with E-state index < -0.39 is 10.0 Å². The molecule has 0 atom stereocenters. The number of nitrogens with two attached hydrogens (primary N) is 2. The first-order chi connectivity index (χ1) is 8.47. The molecule has 1 aromatic rings. The van der Waals surface area contributed by atoms with Gasteiger partial charge in [0, 0.05) is 19.3 Å². The summed E-state index contributed by atoms with van der Waals surface area (Å²) in [5.74, 6) is 0. The Morgan fingerprint density at radius 1 is 1.28 bits per heavy atom. The summed E-state index contributed by atoms with van der Waals surface area (Å²) in [5.41, 5.74) is 6.93. The molecule has 1 heterocycles. The predicted octanol–water partition coefficient (Wildman–Crippen LogP) is 0.507. The number of benzene rings is 1. The van der Waals surface area contributed by atoms with Gasteiger partial charge in [-0.1, -0.05) is 0 Å². The number of primary sulfonamides is 1. The zero-order valence-electron chi connectivity index (χ0n) is 9.93. The first-order valence-electron chi connectivity index (χ1n) is 5.73. The second-order valence-electron chi connectivity index (χ2n) is 4.33. The van der Waals surface area contributed by atoms with Crippen LogP contribution >= 0.6 is 0 Å². The van der Waals surface area contributed by atoms with Crippen LogP contribution in [0.15, 0.2) is 23.1 Å². The van der Waals surface area contributed by atoms with E-state index in [1.807, 2.05) is 0 Å². The largest absolute Gasteiger partial charge is 0.397 e. The monoisotopic (exact) mass is 271 g/mol. The van der Waals surface area contributed by atoms with Crippen molar-refractivity contribution in [3.63, 3.8) is 0 Å². The van der Waals surface area contributed by atoms with Crippen molar-refractivity contribution in [3.05, 3.63) is 18.2 Å². The molecule has 7 heteroatoms. The van der Waals surface area contributed by atoms with Gasteiger partial charge in [-0.3, -0.25) is 0 Å². The zero-order valence-corrected chi connectivity index (χ0v) is 10.7. The Hall–Kier alpha value is -1.31. The van der Waals surface area contributed by atoms with Gasteiger partial charge in [-0.15, -0.1) is 0 Å². The van der Waals surface area contributed by atoms with Gasteiger partial charge in [0.15, 0.2) is 0 Å². The van der Waals surface area contributed by atoms with Gasteiger partial charge in [0.05, 0.1) is 16.3 Å². The molecule has 0 unspecified atom stereocenters. The molecule has 0 radical (unpaired) electrons. The number of ether oxygens (including phenoxy) is 1. The molecule has 6 nitrogen and oxygen atoms in total. The maximum Gasteiger partial charge on any atom is 0.238 e. The molecule has 0 spiro atoms. The van der Waals surface area contributed by atoms with Crippen LogP contribution in [-0.2, 0) is 14.8 Å². The van der Waals surface area contributed by atoms with Crippen LogP contribution in [0.4, 0.5) is 11.4 Å².